The van der Waals surface area contributed by atoms with Crippen molar-refractivity contribution in [2.45, 2.75) is 30.3 Å². The fourth-order valence-corrected chi connectivity index (χ4v) is 5.29. The van der Waals surface area contributed by atoms with Crippen molar-refractivity contribution in [3.63, 3.8) is 0 Å². The van der Waals surface area contributed by atoms with Gasteiger partial charge in [0.1, 0.15) is 22.4 Å². The summed E-state index contributed by atoms with van der Waals surface area (Å²) >= 11 is 0. The summed E-state index contributed by atoms with van der Waals surface area (Å²) in [5.41, 5.74) is 0.916. The van der Waals surface area contributed by atoms with Crippen LogP contribution in [0.3, 0.4) is 0 Å². The summed E-state index contributed by atoms with van der Waals surface area (Å²) in [6, 6.07) is 7.75. The lowest BCUT2D eigenvalue weighted by Crippen LogP contribution is -2.45. The van der Waals surface area contributed by atoms with Crippen molar-refractivity contribution in [1.82, 2.24) is 14.2 Å². The molecule has 1 aliphatic heterocycles. The minimum Gasteiger partial charge on any atom is -0.496 e. The first-order chi connectivity index (χ1) is 14.3. The summed E-state index contributed by atoms with van der Waals surface area (Å²) in [7, 11) is 0.388. The number of para-hydroxylation sites is 1. The first-order valence-corrected chi connectivity index (χ1v) is 10.9. The lowest BCUT2D eigenvalue weighted by atomic mass is 10.2. The summed E-state index contributed by atoms with van der Waals surface area (Å²) in [6.07, 6.45) is 2.35. The van der Waals surface area contributed by atoms with Gasteiger partial charge in [-0.05, 0) is 25.0 Å². The number of carbonyl (C=O) groups is 2. The maximum absolute atomic E-state index is 13.2. The normalized spacial score (nSPS) is 17.0. The highest BCUT2D eigenvalue weighted by molar-refractivity contribution is 7.89. The maximum Gasteiger partial charge on any atom is 0.354 e. The highest BCUT2D eigenvalue weighted by Crippen LogP contribution is 2.28. The number of aryl methyl sites for hydroxylation is 1. The van der Waals surface area contributed by atoms with Gasteiger partial charge in [-0.25, -0.2) is 13.2 Å². The van der Waals surface area contributed by atoms with Crippen molar-refractivity contribution >= 4 is 21.9 Å². The van der Waals surface area contributed by atoms with Gasteiger partial charge in [0, 0.05) is 31.9 Å². The average molecular weight is 436 g/mol. The smallest absolute Gasteiger partial charge is 0.354 e. The standard InChI is InChI=1S/C20H25N3O6S/c1-22-13-15(11-17(22)20(25)29-3)30(26,27)23-10-6-8-16(23)19(24)21-12-14-7-4-5-9-18(14)28-2/h4-5,7,9,11,13,16H,6,8,10,12H2,1-3H3,(H,21,24). The average Bonchev–Trinajstić information content (AvgIpc) is 3.39. The quantitative estimate of drug-likeness (QED) is 0.657. The summed E-state index contributed by atoms with van der Waals surface area (Å²) in [5, 5.41) is 2.81. The Bertz CT molecular complexity index is 1050. The second-order valence-electron chi connectivity index (χ2n) is 6.97. The van der Waals surface area contributed by atoms with Gasteiger partial charge < -0.3 is 19.4 Å². The molecule has 9 nitrogen and oxygen atoms in total. The van der Waals surface area contributed by atoms with Crippen LogP contribution in [0, 0.1) is 0 Å². The Hall–Kier alpha value is -2.85. The predicted molar refractivity (Wildman–Crippen MR) is 109 cm³/mol. The Morgan fingerprint density at radius 1 is 1.23 bits per heavy atom. The van der Waals surface area contributed by atoms with Crippen molar-refractivity contribution in [3.8, 4) is 5.75 Å². The van der Waals surface area contributed by atoms with Crippen molar-refractivity contribution in [3.05, 3.63) is 47.8 Å². The van der Waals surface area contributed by atoms with Crippen LogP contribution in [0.5, 0.6) is 5.75 Å². The van der Waals surface area contributed by atoms with E-state index < -0.39 is 22.0 Å². The molecule has 1 unspecified atom stereocenters. The summed E-state index contributed by atoms with van der Waals surface area (Å²) in [6.45, 7) is 0.461. The molecule has 0 saturated carbocycles. The number of nitrogens with zero attached hydrogens (tertiary/aromatic N) is 2. The number of methoxy groups -OCH3 is 2. The second kappa shape index (κ2) is 8.88. The number of amides is 1. The minimum absolute atomic E-state index is 0.0465. The molecule has 1 N–H and O–H groups in total. The largest absolute Gasteiger partial charge is 0.496 e. The maximum atomic E-state index is 13.2. The van der Waals surface area contributed by atoms with Crippen molar-refractivity contribution < 1.29 is 27.5 Å². The molecule has 1 atom stereocenters. The molecule has 1 fully saturated rings. The fourth-order valence-electron chi connectivity index (χ4n) is 3.56. The van der Waals surface area contributed by atoms with E-state index in [1.165, 1.54) is 28.2 Å². The number of nitrogens with one attached hydrogen (secondary N) is 1. The van der Waals surface area contributed by atoms with Crippen LogP contribution in [-0.2, 0) is 33.1 Å². The summed E-state index contributed by atoms with van der Waals surface area (Å²) in [4.78, 5) is 24.6. The molecule has 1 aromatic carbocycles. The van der Waals surface area contributed by atoms with Crippen molar-refractivity contribution in [1.29, 1.82) is 0 Å². The molecule has 162 valence electrons. The van der Waals surface area contributed by atoms with Gasteiger partial charge in [-0.3, -0.25) is 4.79 Å². The third-order valence-corrected chi connectivity index (χ3v) is 7.01. The van der Waals surface area contributed by atoms with Crippen molar-refractivity contribution in [2.75, 3.05) is 20.8 Å². The molecular formula is C20H25N3O6S. The van der Waals surface area contributed by atoms with Gasteiger partial charge in [-0.1, -0.05) is 18.2 Å². The van der Waals surface area contributed by atoms with E-state index in [0.717, 1.165) is 5.56 Å². The first-order valence-electron chi connectivity index (χ1n) is 9.45. The Morgan fingerprint density at radius 2 is 1.97 bits per heavy atom. The van der Waals surface area contributed by atoms with Crippen LogP contribution in [0.4, 0.5) is 0 Å². The van der Waals surface area contributed by atoms with E-state index >= 15 is 0 Å². The van der Waals surface area contributed by atoms with Crippen LogP contribution in [0.25, 0.3) is 0 Å². The Labute approximate surface area is 175 Å². The van der Waals surface area contributed by atoms with Crippen LogP contribution >= 0.6 is 0 Å². The van der Waals surface area contributed by atoms with Gasteiger partial charge in [0.2, 0.25) is 15.9 Å². The van der Waals surface area contributed by atoms with E-state index in [1.807, 2.05) is 18.2 Å². The number of aromatic nitrogens is 1. The SMILES string of the molecule is COC(=O)c1cc(S(=O)(=O)N2CCCC2C(=O)NCc2ccccc2OC)cn1C. The van der Waals surface area contributed by atoms with Crippen LogP contribution in [0.15, 0.2) is 41.4 Å². The van der Waals surface area contributed by atoms with E-state index in [2.05, 4.69) is 10.1 Å². The fraction of sp³-hybridized carbons (Fsp3) is 0.400. The highest BCUT2D eigenvalue weighted by Gasteiger charge is 2.40. The molecule has 30 heavy (non-hydrogen) atoms. The monoisotopic (exact) mass is 435 g/mol. The Balaban J connectivity index is 1.77. The third-order valence-electron chi connectivity index (χ3n) is 5.13. The van der Waals surface area contributed by atoms with E-state index in [1.54, 1.807) is 20.2 Å². The van der Waals surface area contributed by atoms with Gasteiger partial charge in [-0.2, -0.15) is 4.31 Å². The zero-order chi connectivity index (χ0) is 21.9. The van der Waals surface area contributed by atoms with E-state index in [9.17, 15) is 18.0 Å². The molecule has 3 rings (SSSR count). The number of carbonyl (C=O) groups excluding carboxylic acids is 2. The Kier molecular flexibility index (Phi) is 6.47. The molecule has 1 aliphatic rings. The van der Waals surface area contributed by atoms with Gasteiger partial charge in [0.15, 0.2) is 0 Å². The van der Waals surface area contributed by atoms with Crippen LogP contribution in [0.2, 0.25) is 0 Å². The summed E-state index contributed by atoms with van der Waals surface area (Å²) in [5.74, 6) is -0.356. The Morgan fingerprint density at radius 3 is 2.67 bits per heavy atom. The molecule has 0 aliphatic carbocycles. The number of benzene rings is 1. The van der Waals surface area contributed by atoms with E-state index in [4.69, 9.17) is 4.74 Å². The molecule has 2 aromatic rings. The van der Waals surface area contributed by atoms with Crippen LogP contribution in [-0.4, -0.2) is 56.0 Å². The zero-order valence-electron chi connectivity index (χ0n) is 17.1. The van der Waals surface area contributed by atoms with Gasteiger partial charge in [0.25, 0.3) is 0 Å². The van der Waals surface area contributed by atoms with Gasteiger partial charge >= 0.3 is 5.97 Å². The van der Waals surface area contributed by atoms with Gasteiger partial charge in [0.05, 0.1) is 14.2 Å². The number of hydrogen-bond donors (Lipinski definition) is 1. The van der Waals surface area contributed by atoms with Crippen LogP contribution < -0.4 is 10.1 Å². The molecule has 0 bridgehead atoms. The topological polar surface area (TPSA) is 107 Å². The zero-order valence-corrected chi connectivity index (χ0v) is 17.9. The molecule has 0 radical (unpaired) electrons. The van der Waals surface area contributed by atoms with Crippen LogP contribution in [0.1, 0.15) is 28.9 Å². The number of sulfonamides is 1. The molecular weight excluding hydrogens is 410 g/mol. The minimum atomic E-state index is -3.95. The lowest BCUT2D eigenvalue weighted by Gasteiger charge is -2.23. The molecule has 1 saturated heterocycles. The first kappa shape index (κ1) is 21.8. The number of ether oxygens (including phenoxy) is 2. The molecule has 0 spiro atoms. The molecule has 2 heterocycles. The number of esters is 1. The second-order valence-corrected chi connectivity index (χ2v) is 8.86. The number of rotatable bonds is 7. The highest BCUT2D eigenvalue weighted by atomic mass is 32.2. The number of hydrogen-bond acceptors (Lipinski definition) is 6. The molecule has 10 heteroatoms. The van der Waals surface area contributed by atoms with E-state index in [0.29, 0.717) is 18.6 Å². The van der Waals surface area contributed by atoms with Gasteiger partial charge in [-0.15, -0.1) is 0 Å². The van der Waals surface area contributed by atoms with E-state index in [-0.39, 0.29) is 29.6 Å². The summed E-state index contributed by atoms with van der Waals surface area (Å²) < 4.78 is 38.9. The lowest BCUT2D eigenvalue weighted by molar-refractivity contribution is -0.124. The molecule has 1 amide bonds. The third kappa shape index (κ3) is 4.19. The molecule has 1 aromatic heterocycles. The van der Waals surface area contributed by atoms with Crippen molar-refractivity contribution in [2.24, 2.45) is 7.05 Å². The predicted octanol–water partition coefficient (Wildman–Crippen LogP) is 1.29.